The molecule has 3 N–H and O–H groups in total. The molecule has 2 amide bonds. The molecule has 1 aromatic carbocycles. The summed E-state index contributed by atoms with van der Waals surface area (Å²) in [5.74, 6) is 0. The molecule has 0 aliphatic heterocycles. The van der Waals surface area contributed by atoms with Crippen LogP contribution in [0.1, 0.15) is 23.8 Å². The van der Waals surface area contributed by atoms with Crippen molar-refractivity contribution in [3.63, 3.8) is 0 Å². The van der Waals surface area contributed by atoms with Crippen LogP contribution in [-0.4, -0.2) is 23.8 Å². The van der Waals surface area contributed by atoms with E-state index in [4.69, 9.17) is 10.4 Å². The lowest BCUT2D eigenvalue weighted by Gasteiger charge is -2.09. The maximum atomic E-state index is 11.7. The van der Waals surface area contributed by atoms with Gasteiger partial charge in [0.2, 0.25) is 0 Å². The standard InChI is InChI=1S/C17H19N3O2S/c1-12(21)7-8-19-17(22)20-11-13-3-2-4-14(9-13)16-6-5-15(10-18)23-16/h2-6,9,12,21H,7-8,11H2,1H3,(H2,19,20,22). The third-order valence-corrected chi connectivity index (χ3v) is 4.27. The second kappa shape index (κ2) is 8.32. The van der Waals surface area contributed by atoms with E-state index in [-0.39, 0.29) is 6.03 Å². The molecule has 6 heteroatoms. The van der Waals surface area contributed by atoms with Gasteiger partial charge in [-0.1, -0.05) is 18.2 Å². The highest BCUT2D eigenvalue weighted by Gasteiger charge is 2.05. The molecule has 0 bridgehead atoms. The van der Waals surface area contributed by atoms with Gasteiger partial charge in [-0.2, -0.15) is 5.26 Å². The number of carbonyl (C=O) groups is 1. The van der Waals surface area contributed by atoms with E-state index in [1.807, 2.05) is 30.3 Å². The molecule has 5 nitrogen and oxygen atoms in total. The van der Waals surface area contributed by atoms with Gasteiger partial charge < -0.3 is 15.7 Å². The molecular weight excluding hydrogens is 310 g/mol. The summed E-state index contributed by atoms with van der Waals surface area (Å²) < 4.78 is 0. The summed E-state index contributed by atoms with van der Waals surface area (Å²) in [4.78, 5) is 13.4. The molecule has 23 heavy (non-hydrogen) atoms. The number of rotatable bonds is 6. The summed E-state index contributed by atoms with van der Waals surface area (Å²) in [6.45, 7) is 2.55. The van der Waals surface area contributed by atoms with E-state index >= 15 is 0 Å². The predicted molar refractivity (Wildman–Crippen MR) is 91.0 cm³/mol. The van der Waals surface area contributed by atoms with Crippen molar-refractivity contribution in [3.05, 3.63) is 46.8 Å². The van der Waals surface area contributed by atoms with Gasteiger partial charge in [0.05, 0.1) is 6.10 Å². The molecule has 1 aromatic heterocycles. The van der Waals surface area contributed by atoms with Crippen molar-refractivity contribution >= 4 is 17.4 Å². The Morgan fingerprint density at radius 3 is 2.87 bits per heavy atom. The fraction of sp³-hybridized carbons (Fsp3) is 0.294. The number of hydrogen-bond donors (Lipinski definition) is 3. The fourth-order valence-electron chi connectivity index (χ4n) is 2.03. The fourth-order valence-corrected chi connectivity index (χ4v) is 2.83. The van der Waals surface area contributed by atoms with E-state index in [1.54, 1.807) is 13.0 Å². The van der Waals surface area contributed by atoms with Crippen molar-refractivity contribution < 1.29 is 9.90 Å². The first-order chi connectivity index (χ1) is 11.1. The summed E-state index contributed by atoms with van der Waals surface area (Å²) in [6, 6.07) is 13.5. The number of aliphatic hydroxyl groups is 1. The molecule has 120 valence electrons. The van der Waals surface area contributed by atoms with Gasteiger partial charge in [-0.15, -0.1) is 11.3 Å². The van der Waals surface area contributed by atoms with Crippen molar-refractivity contribution in [1.82, 2.24) is 10.6 Å². The van der Waals surface area contributed by atoms with Gasteiger partial charge in [0, 0.05) is 18.0 Å². The summed E-state index contributed by atoms with van der Waals surface area (Å²) in [5, 5.41) is 23.5. The van der Waals surface area contributed by atoms with E-state index in [2.05, 4.69) is 16.7 Å². The average molecular weight is 329 g/mol. The monoisotopic (exact) mass is 329 g/mol. The minimum atomic E-state index is -0.420. The topological polar surface area (TPSA) is 85.2 Å². The number of carbonyl (C=O) groups excluding carboxylic acids is 1. The summed E-state index contributed by atoms with van der Waals surface area (Å²) >= 11 is 1.45. The SMILES string of the molecule is CC(O)CCNC(=O)NCc1cccc(-c2ccc(C#N)s2)c1. The van der Waals surface area contributed by atoms with Crippen molar-refractivity contribution in [2.45, 2.75) is 26.0 Å². The lowest BCUT2D eigenvalue weighted by atomic mass is 10.1. The molecule has 2 rings (SSSR count). The Bertz CT molecular complexity index is 704. The van der Waals surface area contributed by atoms with Crippen LogP contribution in [-0.2, 0) is 6.54 Å². The van der Waals surface area contributed by atoms with Crippen LogP contribution in [0.2, 0.25) is 0 Å². The predicted octanol–water partition coefficient (Wildman–Crippen LogP) is 2.86. The molecule has 1 atom stereocenters. The molecule has 0 fully saturated rings. The van der Waals surface area contributed by atoms with Crippen LogP contribution in [0.4, 0.5) is 4.79 Å². The van der Waals surface area contributed by atoms with E-state index in [0.717, 1.165) is 16.0 Å². The Morgan fingerprint density at radius 2 is 2.17 bits per heavy atom. The molecule has 0 radical (unpaired) electrons. The number of benzene rings is 1. The van der Waals surface area contributed by atoms with Crippen LogP contribution in [0.25, 0.3) is 10.4 Å². The molecule has 0 aliphatic carbocycles. The highest BCUT2D eigenvalue weighted by atomic mass is 32.1. The Kier molecular flexibility index (Phi) is 6.15. The third kappa shape index (κ3) is 5.40. The van der Waals surface area contributed by atoms with E-state index < -0.39 is 6.10 Å². The first kappa shape index (κ1) is 17.0. The zero-order chi connectivity index (χ0) is 16.7. The van der Waals surface area contributed by atoms with Crippen LogP contribution in [0, 0.1) is 11.3 Å². The number of nitrogens with one attached hydrogen (secondary N) is 2. The zero-order valence-electron chi connectivity index (χ0n) is 12.9. The number of thiophene rings is 1. The molecular formula is C17H19N3O2S. The maximum absolute atomic E-state index is 11.7. The quantitative estimate of drug-likeness (QED) is 0.762. The minimum Gasteiger partial charge on any atom is -0.393 e. The van der Waals surface area contributed by atoms with Gasteiger partial charge in [-0.3, -0.25) is 0 Å². The van der Waals surface area contributed by atoms with Gasteiger partial charge in [0.1, 0.15) is 10.9 Å². The number of hydrogen-bond acceptors (Lipinski definition) is 4. The first-order valence-electron chi connectivity index (χ1n) is 7.37. The van der Waals surface area contributed by atoms with E-state index in [9.17, 15) is 4.79 Å². The van der Waals surface area contributed by atoms with Gasteiger partial charge in [0.25, 0.3) is 0 Å². The second-order valence-corrected chi connectivity index (χ2v) is 6.31. The van der Waals surface area contributed by atoms with Crippen LogP contribution >= 0.6 is 11.3 Å². The van der Waals surface area contributed by atoms with Crippen LogP contribution in [0.3, 0.4) is 0 Å². The largest absolute Gasteiger partial charge is 0.393 e. The average Bonchev–Trinajstić information content (AvgIpc) is 3.02. The molecule has 1 heterocycles. The smallest absolute Gasteiger partial charge is 0.315 e. The Balaban J connectivity index is 1.90. The number of aliphatic hydroxyl groups excluding tert-OH is 1. The first-order valence-corrected chi connectivity index (χ1v) is 8.19. The van der Waals surface area contributed by atoms with Gasteiger partial charge in [0.15, 0.2) is 0 Å². The van der Waals surface area contributed by atoms with Crippen LogP contribution < -0.4 is 10.6 Å². The molecule has 2 aromatic rings. The number of nitriles is 1. The third-order valence-electron chi connectivity index (χ3n) is 3.23. The van der Waals surface area contributed by atoms with Crippen molar-refractivity contribution in [2.75, 3.05) is 6.54 Å². The van der Waals surface area contributed by atoms with E-state index in [1.165, 1.54) is 11.3 Å². The van der Waals surface area contributed by atoms with Crippen molar-refractivity contribution in [2.24, 2.45) is 0 Å². The zero-order valence-corrected chi connectivity index (χ0v) is 13.7. The summed E-state index contributed by atoms with van der Waals surface area (Å²) in [5.41, 5.74) is 2.02. The van der Waals surface area contributed by atoms with Gasteiger partial charge in [-0.05, 0) is 42.7 Å². The highest BCUT2D eigenvalue weighted by molar-refractivity contribution is 7.16. The lowest BCUT2D eigenvalue weighted by molar-refractivity contribution is 0.183. The molecule has 0 saturated carbocycles. The Hall–Kier alpha value is -2.36. The van der Waals surface area contributed by atoms with Crippen molar-refractivity contribution in [3.8, 4) is 16.5 Å². The summed E-state index contributed by atoms with van der Waals surface area (Å²) in [7, 11) is 0. The maximum Gasteiger partial charge on any atom is 0.315 e. The van der Waals surface area contributed by atoms with Crippen molar-refractivity contribution in [1.29, 1.82) is 5.26 Å². The number of nitrogens with zero attached hydrogens (tertiary/aromatic N) is 1. The second-order valence-electron chi connectivity index (χ2n) is 5.22. The van der Waals surface area contributed by atoms with Crippen LogP contribution in [0.15, 0.2) is 36.4 Å². The number of amides is 2. The Labute approximate surface area is 139 Å². The number of urea groups is 1. The molecule has 0 spiro atoms. The Morgan fingerprint density at radius 1 is 1.35 bits per heavy atom. The molecule has 0 aliphatic rings. The minimum absolute atomic E-state index is 0.251. The van der Waals surface area contributed by atoms with E-state index in [0.29, 0.717) is 24.4 Å². The lowest BCUT2D eigenvalue weighted by Crippen LogP contribution is -2.36. The van der Waals surface area contributed by atoms with Crippen LogP contribution in [0.5, 0.6) is 0 Å². The molecule has 0 saturated heterocycles. The summed E-state index contributed by atoms with van der Waals surface area (Å²) in [6.07, 6.45) is 0.110. The van der Waals surface area contributed by atoms with Gasteiger partial charge in [-0.25, -0.2) is 4.79 Å². The van der Waals surface area contributed by atoms with Gasteiger partial charge >= 0.3 is 6.03 Å². The highest BCUT2D eigenvalue weighted by Crippen LogP contribution is 2.28. The normalized spacial score (nSPS) is 11.5. The molecule has 1 unspecified atom stereocenters.